The Morgan fingerprint density at radius 1 is 1.56 bits per heavy atom. The minimum absolute atomic E-state index is 0.0797. The van der Waals surface area contributed by atoms with Crippen molar-refractivity contribution in [2.24, 2.45) is 5.92 Å². The van der Waals surface area contributed by atoms with Crippen molar-refractivity contribution in [3.63, 3.8) is 0 Å². The van der Waals surface area contributed by atoms with Crippen LogP contribution in [-0.4, -0.2) is 60.4 Å². The second kappa shape index (κ2) is 6.50. The molecule has 0 radical (unpaired) electrons. The van der Waals surface area contributed by atoms with Gasteiger partial charge in [-0.15, -0.1) is 0 Å². The molecule has 0 aromatic rings. The zero-order valence-corrected chi connectivity index (χ0v) is 11.9. The number of ether oxygens (including phenoxy) is 1. The van der Waals surface area contributed by atoms with Crippen LogP contribution in [0.1, 0.15) is 27.7 Å². The van der Waals surface area contributed by atoms with Crippen LogP contribution in [0.5, 0.6) is 0 Å². The van der Waals surface area contributed by atoms with Gasteiger partial charge in [-0.05, 0) is 19.8 Å². The molecule has 0 spiro atoms. The minimum atomic E-state index is -0.899. The molecule has 106 valence electrons. The summed E-state index contributed by atoms with van der Waals surface area (Å²) in [6.45, 7) is 12.0. The van der Waals surface area contributed by atoms with Gasteiger partial charge >= 0.3 is 5.97 Å². The van der Waals surface area contributed by atoms with Crippen LogP contribution in [0.3, 0.4) is 0 Å². The molecule has 0 aromatic carbocycles. The molecule has 1 aliphatic heterocycles. The third kappa shape index (κ3) is 4.92. The molecule has 1 fully saturated rings. The number of carboxylic acids is 1. The zero-order valence-electron chi connectivity index (χ0n) is 11.9. The summed E-state index contributed by atoms with van der Waals surface area (Å²) in [5, 5.41) is 12.1. The fourth-order valence-electron chi connectivity index (χ4n) is 2.03. The molecule has 18 heavy (non-hydrogen) atoms. The van der Waals surface area contributed by atoms with Gasteiger partial charge in [0.2, 0.25) is 0 Å². The molecular formula is C13H26N2O3. The number of rotatable bonds is 6. The Balaban J connectivity index is 2.36. The standard InChI is InChI=1S/C13H26N2O3/c1-10(2)8-15-5-6-18-11(9-15)7-14-13(3,4)12(16)17/h10-11,14H,5-9H2,1-4H3,(H,16,17). The summed E-state index contributed by atoms with van der Waals surface area (Å²) in [5.74, 6) is -0.190. The van der Waals surface area contributed by atoms with E-state index in [0.717, 1.165) is 26.2 Å². The Labute approximate surface area is 109 Å². The van der Waals surface area contributed by atoms with Crippen molar-refractivity contribution in [2.75, 3.05) is 32.8 Å². The van der Waals surface area contributed by atoms with Gasteiger partial charge in [-0.25, -0.2) is 0 Å². The van der Waals surface area contributed by atoms with Gasteiger partial charge in [-0.3, -0.25) is 15.0 Å². The predicted octanol–water partition coefficient (Wildman–Crippen LogP) is 0.796. The van der Waals surface area contributed by atoms with Crippen molar-refractivity contribution in [1.82, 2.24) is 10.2 Å². The average Bonchev–Trinajstić information content (AvgIpc) is 2.26. The minimum Gasteiger partial charge on any atom is -0.480 e. The number of nitrogens with one attached hydrogen (secondary N) is 1. The molecule has 2 N–H and O–H groups in total. The average molecular weight is 258 g/mol. The monoisotopic (exact) mass is 258 g/mol. The second-order valence-corrected chi connectivity index (χ2v) is 5.96. The van der Waals surface area contributed by atoms with E-state index >= 15 is 0 Å². The molecule has 0 saturated carbocycles. The van der Waals surface area contributed by atoms with Gasteiger partial charge < -0.3 is 9.84 Å². The fraction of sp³-hybridized carbons (Fsp3) is 0.923. The van der Waals surface area contributed by atoms with Crippen LogP contribution in [0.25, 0.3) is 0 Å². The van der Waals surface area contributed by atoms with Crippen molar-refractivity contribution < 1.29 is 14.6 Å². The van der Waals surface area contributed by atoms with E-state index in [-0.39, 0.29) is 6.10 Å². The summed E-state index contributed by atoms with van der Waals surface area (Å²) in [5.41, 5.74) is -0.899. The number of carbonyl (C=O) groups is 1. The van der Waals surface area contributed by atoms with Gasteiger partial charge in [0.05, 0.1) is 12.7 Å². The molecule has 1 rings (SSSR count). The van der Waals surface area contributed by atoms with Crippen molar-refractivity contribution in [1.29, 1.82) is 0 Å². The molecule has 0 aromatic heterocycles. The Hall–Kier alpha value is -0.650. The first kappa shape index (κ1) is 15.4. The number of hydrogen-bond acceptors (Lipinski definition) is 4. The van der Waals surface area contributed by atoms with Gasteiger partial charge in [0, 0.05) is 26.2 Å². The summed E-state index contributed by atoms with van der Waals surface area (Å²) in [6.07, 6.45) is 0.0797. The molecule has 1 saturated heterocycles. The number of aliphatic carboxylic acids is 1. The van der Waals surface area contributed by atoms with Crippen LogP contribution in [0, 0.1) is 5.92 Å². The lowest BCUT2D eigenvalue weighted by molar-refractivity contribution is -0.143. The van der Waals surface area contributed by atoms with E-state index < -0.39 is 11.5 Å². The summed E-state index contributed by atoms with van der Waals surface area (Å²) < 4.78 is 5.67. The van der Waals surface area contributed by atoms with Crippen molar-refractivity contribution in [3.8, 4) is 0 Å². The van der Waals surface area contributed by atoms with Crippen LogP contribution >= 0.6 is 0 Å². The van der Waals surface area contributed by atoms with E-state index in [0.29, 0.717) is 12.5 Å². The lowest BCUT2D eigenvalue weighted by Gasteiger charge is -2.35. The fourth-order valence-corrected chi connectivity index (χ4v) is 2.03. The summed E-state index contributed by atoms with van der Waals surface area (Å²) in [6, 6.07) is 0. The summed E-state index contributed by atoms with van der Waals surface area (Å²) in [4.78, 5) is 13.4. The molecule has 1 unspecified atom stereocenters. The first-order chi connectivity index (χ1) is 8.31. The van der Waals surface area contributed by atoms with Gasteiger partial charge in [-0.2, -0.15) is 0 Å². The van der Waals surface area contributed by atoms with Crippen LogP contribution in [0.4, 0.5) is 0 Å². The van der Waals surface area contributed by atoms with Crippen molar-refractivity contribution in [2.45, 2.75) is 39.3 Å². The number of carboxylic acid groups (broad SMARTS) is 1. The Morgan fingerprint density at radius 2 is 2.22 bits per heavy atom. The number of hydrogen-bond donors (Lipinski definition) is 2. The maximum atomic E-state index is 11.0. The molecule has 0 bridgehead atoms. The molecule has 0 aliphatic carbocycles. The Kier molecular flexibility index (Phi) is 5.56. The first-order valence-corrected chi connectivity index (χ1v) is 6.63. The largest absolute Gasteiger partial charge is 0.480 e. The van der Waals surface area contributed by atoms with Gasteiger partial charge in [0.25, 0.3) is 0 Å². The maximum Gasteiger partial charge on any atom is 0.323 e. The third-order valence-electron chi connectivity index (χ3n) is 3.15. The highest BCUT2D eigenvalue weighted by Gasteiger charge is 2.29. The molecule has 1 aliphatic rings. The number of nitrogens with zero attached hydrogens (tertiary/aromatic N) is 1. The van der Waals surface area contributed by atoms with Crippen molar-refractivity contribution in [3.05, 3.63) is 0 Å². The van der Waals surface area contributed by atoms with E-state index in [1.165, 1.54) is 0 Å². The lowest BCUT2D eigenvalue weighted by Crippen LogP contribution is -2.53. The van der Waals surface area contributed by atoms with Gasteiger partial charge in [-0.1, -0.05) is 13.8 Å². The number of morpholine rings is 1. The maximum absolute atomic E-state index is 11.0. The Bertz CT molecular complexity index is 279. The van der Waals surface area contributed by atoms with Gasteiger partial charge in [0.1, 0.15) is 5.54 Å². The highest BCUT2D eigenvalue weighted by atomic mass is 16.5. The van der Waals surface area contributed by atoms with Crippen LogP contribution in [0.15, 0.2) is 0 Å². The molecule has 0 amide bonds. The van der Waals surface area contributed by atoms with E-state index in [2.05, 4.69) is 24.1 Å². The lowest BCUT2D eigenvalue weighted by atomic mass is 10.1. The van der Waals surface area contributed by atoms with E-state index in [9.17, 15) is 4.79 Å². The van der Waals surface area contributed by atoms with Gasteiger partial charge in [0.15, 0.2) is 0 Å². The SMILES string of the molecule is CC(C)CN1CCOC(CNC(C)(C)C(=O)O)C1. The first-order valence-electron chi connectivity index (χ1n) is 6.63. The zero-order chi connectivity index (χ0) is 13.8. The van der Waals surface area contributed by atoms with Crippen molar-refractivity contribution >= 4 is 5.97 Å². The highest BCUT2D eigenvalue weighted by Crippen LogP contribution is 2.09. The summed E-state index contributed by atoms with van der Waals surface area (Å²) in [7, 11) is 0. The van der Waals surface area contributed by atoms with E-state index in [4.69, 9.17) is 9.84 Å². The molecular weight excluding hydrogens is 232 g/mol. The highest BCUT2D eigenvalue weighted by molar-refractivity contribution is 5.77. The third-order valence-corrected chi connectivity index (χ3v) is 3.15. The molecule has 1 atom stereocenters. The quantitative estimate of drug-likeness (QED) is 0.738. The topological polar surface area (TPSA) is 61.8 Å². The molecule has 5 nitrogen and oxygen atoms in total. The smallest absolute Gasteiger partial charge is 0.323 e. The second-order valence-electron chi connectivity index (χ2n) is 5.96. The normalized spacial score (nSPS) is 22.4. The van der Waals surface area contributed by atoms with E-state index in [1.54, 1.807) is 13.8 Å². The Morgan fingerprint density at radius 3 is 2.78 bits per heavy atom. The predicted molar refractivity (Wildman–Crippen MR) is 70.7 cm³/mol. The van der Waals surface area contributed by atoms with E-state index in [1.807, 2.05) is 0 Å². The van der Waals surface area contributed by atoms with Crippen LogP contribution in [0.2, 0.25) is 0 Å². The molecule has 5 heteroatoms. The molecule has 1 heterocycles. The summed E-state index contributed by atoms with van der Waals surface area (Å²) >= 11 is 0. The van der Waals surface area contributed by atoms with Crippen LogP contribution < -0.4 is 5.32 Å². The van der Waals surface area contributed by atoms with Crippen LogP contribution in [-0.2, 0) is 9.53 Å².